The quantitative estimate of drug-likeness (QED) is 0.795. The third kappa shape index (κ3) is 4.21. The highest BCUT2D eigenvalue weighted by atomic mass is 35.5. The zero-order valence-corrected chi connectivity index (χ0v) is 13.8. The van der Waals surface area contributed by atoms with Gasteiger partial charge < -0.3 is 19.5 Å². The van der Waals surface area contributed by atoms with E-state index in [1.54, 1.807) is 6.20 Å². The number of nitrogens with one attached hydrogen (secondary N) is 1. The Labute approximate surface area is 137 Å². The Bertz CT molecular complexity index is 490. The number of imidazole rings is 1. The Balaban J connectivity index is 0.00000176. The molecule has 0 spiro atoms. The smallest absolute Gasteiger partial charge is 0.225 e. The van der Waals surface area contributed by atoms with Gasteiger partial charge in [-0.3, -0.25) is 4.79 Å². The molecular formula is C15H25ClN4O2. The second-order valence-electron chi connectivity index (χ2n) is 5.97. The van der Waals surface area contributed by atoms with Crippen molar-refractivity contribution in [3.05, 3.63) is 18.2 Å². The Morgan fingerprint density at radius 1 is 1.50 bits per heavy atom. The molecule has 1 N–H and O–H groups in total. The predicted octanol–water partition coefficient (Wildman–Crippen LogP) is 1.13. The molecule has 1 aliphatic heterocycles. The fourth-order valence-electron chi connectivity index (χ4n) is 2.77. The minimum Gasteiger partial charge on any atom is -0.381 e. The lowest BCUT2D eigenvalue weighted by atomic mass is 10.1. The normalized spacial score (nSPS) is 21.5. The van der Waals surface area contributed by atoms with Gasteiger partial charge in [-0.2, -0.15) is 0 Å². The van der Waals surface area contributed by atoms with Crippen LogP contribution in [-0.4, -0.2) is 53.2 Å². The van der Waals surface area contributed by atoms with E-state index in [9.17, 15) is 4.79 Å². The van der Waals surface area contributed by atoms with Crippen molar-refractivity contribution in [2.45, 2.75) is 25.3 Å². The van der Waals surface area contributed by atoms with Crippen LogP contribution >= 0.6 is 12.4 Å². The molecular weight excluding hydrogens is 304 g/mol. The molecule has 0 radical (unpaired) electrons. The maximum atomic E-state index is 12.5. The number of rotatable bonds is 6. The molecule has 1 aromatic heterocycles. The number of hydrogen-bond acceptors (Lipinski definition) is 4. The lowest BCUT2D eigenvalue weighted by molar-refractivity contribution is -0.136. The van der Waals surface area contributed by atoms with Crippen LogP contribution in [-0.2, 0) is 16.6 Å². The first-order chi connectivity index (χ1) is 10.3. The minimum absolute atomic E-state index is 0. The average molecular weight is 329 g/mol. The third-order valence-electron chi connectivity index (χ3n) is 4.23. The second kappa shape index (κ2) is 7.94. The van der Waals surface area contributed by atoms with Crippen molar-refractivity contribution in [3.63, 3.8) is 0 Å². The monoisotopic (exact) mass is 328 g/mol. The molecule has 0 bridgehead atoms. The van der Waals surface area contributed by atoms with Gasteiger partial charge in [-0.05, 0) is 18.8 Å². The van der Waals surface area contributed by atoms with E-state index in [1.165, 1.54) is 12.8 Å². The highest BCUT2D eigenvalue weighted by molar-refractivity contribution is 5.85. The fourth-order valence-corrected chi connectivity index (χ4v) is 2.77. The van der Waals surface area contributed by atoms with Crippen LogP contribution in [0.15, 0.2) is 12.4 Å². The van der Waals surface area contributed by atoms with Gasteiger partial charge in [0.1, 0.15) is 11.9 Å². The summed E-state index contributed by atoms with van der Waals surface area (Å²) in [5.74, 6) is 1.86. The van der Waals surface area contributed by atoms with Crippen LogP contribution in [0.2, 0.25) is 0 Å². The summed E-state index contributed by atoms with van der Waals surface area (Å²) in [5, 5.41) is 3.35. The van der Waals surface area contributed by atoms with Crippen LogP contribution in [0.1, 0.15) is 31.1 Å². The summed E-state index contributed by atoms with van der Waals surface area (Å²) in [6.07, 6.45) is 6.74. The zero-order chi connectivity index (χ0) is 14.7. The van der Waals surface area contributed by atoms with E-state index >= 15 is 0 Å². The number of nitrogens with zero attached hydrogens (tertiary/aromatic N) is 3. The van der Waals surface area contributed by atoms with Crippen LogP contribution < -0.4 is 5.32 Å². The molecule has 0 aromatic carbocycles. The average Bonchev–Trinajstić information content (AvgIpc) is 3.23. The summed E-state index contributed by atoms with van der Waals surface area (Å²) in [6, 6.07) is 0.0229. The summed E-state index contributed by atoms with van der Waals surface area (Å²) in [7, 11) is 1.97. The summed E-state index contributed by atoms with van der Waals surface area (Å²) >= 11 is 0. The van der Waals surface area contributed by atoms with Gasteiger partial charge in [-0.15, -0.1) is 12.4 Å². The van der Waals surface area contributed by atoms with Gasteiger partial charge in [0.05, 0.1) is 13.0 Å². The van der Waals surface area contributed by atoms with Gasteiger partial charge >= 0.3 is 0 Å². The summed E-state index contributed by atoms with van der Waals surface area (Å²) < 4.78 is 7.57. The molecule has 3 rings (SSSR count). The molecule has 124 valence electrons. The topological polar surface area (TPSA) is 59.4 Å². The molecule has 2 fully saturated rings. The Hall–Kier alpha value is -1.11. The maximum Gasteiger partial charge on any atom is 0.225 e. The van der Waals surface area contributed by atoms with Crippen LogP contribution in [0, 0.1) is 5.92 Å². The highest BCUT2D eigenvalue weighted by Crippen LogP contribution is 2.28. The van der Waals surface area contributed by atoms with Gasteiger partial charge in [0.2, 0.25) is 5.91 Å². The highest BCUT2D eigenvalue weighted by Gasteiger charge is 2.30. The van der Waals surface area contributed by atoms with Crippen LogP contribution in [0.25, 0.3) is 0 Å². The van der Waals surface area contributed by atoms with Gasteiger partial charge in [-0.1, -0.05) is 0 Å². The van der Waals surface area contributed by atoms with E-state index in [0.29, 0.717) is 13.0 Å². The van der Waals surface area contributed by atoms with E-state index in [4.69, 9.17) is 4.74 Å². The number of ether oxygens (including phenoxy) is 1. The number of amides is 1. The van der Waals surface area contributed by atoms with Gasteiger partial charge in [0.25, 0.3) is 0 Å². The van der Waals surface area contributed by atoms with E-state index < -0.39 is 0 Å². The van der Waals surface area contributed by atoms with Gasteiger partial charge in [0, 0.05) is 45.7 Å². The molecule has 1 atom stereocenters. The van der Waals surface area contributed by atoms with Gasteiger partial charge in [0.15, 0.2) is 0 Å². The standard InChI is InChI=1S/C15H24N4O2.ClH/c1-18-7-6-17-15(18)13-10-16-5-8-19(13)14(20)4-9-21-11-12-2-3-12;/h6-7,12-13,16H,2-5,8-11H2,1H3;1H. The summed E-state index contributed by atoms with van der Waals surface area (Å²) in [6.45, 7) is 3.69. The third-order valence-corrected chi connectivity index (χ3v) is 4.23. The van der Waals surface area contributed by atoms with Crippen molar-refractivity contribution in [1.29, 1.82) is 0 Å². The molecule has 22 heavy (non-hydrogen) atoms. The molecule has 6 nitrogen and oxygen atoms in total. The fraction of sp³-hybridized carbons (Fsp3) is 0.733. The number of halogens is 1. The molecule has 1 unspecified atom stereocenters. The lowest BCUT2D eigenvalue weighted by Crippen LogP contribution is -2.49. The molecule has 2 heterocycles. The maximum absolute atomic E-state index is 12.5. The van der Waals surface area contributed by atoms with Crippen LogP contribution in [0.4, 0.5) is 0 Å². The van der Waals surface area contributed by atoms with Crippen molar-refractivity contribution in [3.8, 4) is 0 Å². The SMILES string of the molecule is Cl.Cn1ccnc1C1CNCCN1C(=O)CCOCC1CC1. The lowest BCUT2D eigenvalue weighted by Gasteiger charge is -2.35. The number of aryl methyl sites for hydroxylation is 1. The number of hydrogen-bond donors (Lipinski definition) is 1. The Morgan fingerprint density at radius 2 is 2.32 bits per heavy atom. The van der Waals surface area contributed by atoms with Gasteiger partial charge in [-0.25, -0.2) is 4.98 Å². The van der Waals surface area contributed by atoms with Crippen molar-refractivity contribution < 1.29 is 9.53 Å². The number of aromatic nitrogens is 2. The largest absolute Gasteiger partial charge is 0.381 e. The first-order valence-electron chi connectivity index (χ1n) is 7.81. The van der Waals surface area contributed by atoms with E-state index in [-0.39, 0.29) is 24.4 Å². The van der Waals surface area contributed by atoms with E-state index in [0.717, 1.165) is 38.0 Å². The first-order valence-corrected chi connectivity index (χ1v) is 7.81. The molecule has 1 saturated carbocycles. The molecule has 2 aliphatic rings. The molecule has 1 aliphatic carbocycles. The van der Waals surface area contributed by atoms with Crippen molar-refractivity contribution >= 4 is 18.3 Å². The number of carbonyl (C=O) groups is 1. The zero-order valence-electron chi connectivity index (χ0n) is 13.0. The predicted molar refractivity (Wildman–Crippen MR) is 85.9 cm³/mol. The number of carbonyl (C=O) groups excluding carboxylic acids is 1. The number of piperazine rings is 1. The first kappa shape index (κ1) is 17.2. The minimum atomic E-state index is 0. The summed E-state index contributed by atoms with van der Waals surface area (Å²) in [5.41, 5.74) is 0. The van der Waals surface area contributed by atoms with Crippen LogP contribution in [0.3, 0.4) is 0 Å². The second-order valence-corrected chi connectivity index (χ2v) is 5.97. The Kier molecular flexibility index (Phi) is 6.23. The van der Waals surface area contributed by atoms with Crippen molar-refractivity contribution in [2.75, 3.05) is 32.8 Å². The van der Waals surface area contributed by atoms with Crippen molar-refractivity contribution in [2.24, 2.45) is 13.0 Å². The molecule has 1 saturated heterocycles. The van der Waals surface area contributed by atoms with E-state index in [2.05, 4.69) is 10.3 Å². The molecule has 1 aromatic rings. The van der Waals surface area contributed by atoms with E-state index in [1.807, 2.05) is 22.7 Å². The summed E-state index contributed by atoms with van der Waals surface area (Å²) in [4.78, 5) is 18.8. The molecule has 7 heteroatoms. The van der Waals surface area contributed by atoms with Crippen LogP contribution in [0.5, 0.6) is 0 Å². The van der Waals surface area contributed by atoms with Crippen molar-refractivity contribution in [1.82, 2.24) is 19.8 Å². The Morgan fingerprint density at radius 3 is 3.00 bits per heavy atom. The molecule has 1 amide bonds.